The minimum Gasteiger partial charge on any atom is -0.340 e. The lowest BCUT2D eigenvalue weighted by Gasteiger charge is -2.09. The number of rotatable bonds is 6. The van der Waals surface area contributed by atoms with Crippen molar-refractivity contribution in [3.8, 4) is 0 Å². The third-order valence-corrected chi connectivity index (χ3v) is 6.44. The van der Waals surface area contributed by atoms with Gasteiger partial charge in [-0.3, -0.25) is 4.79 Å². The highest BCUT2D eigenvalue weighted by molar-refractivity contribution is 14.1. The Balaban J connectivity index is 1.54. The second-order valence-corrected chi connectivity index (χ2v) is 9.49. The van der Waals surface area contributed by atoms with E-state index in [1.54, 1.807) is 6.21 Å². The molecule has 31 heavy (non-hydrogen) atoms. The summed E-state index contributed by atoms with van der Waals surface area (Å²) in [6.45, 7) is 2.88. The van der Waals surface area contributed by atoms with Crippen molar-refractivity contribution >= 4 is 61.5 Å². The molecule has 0 fully saturated rings. The lowest BCUT2D eigenvalue weighted by molar-refractivity contribution is -0.120. The van der Waals surface area contributed by atoms with Gasteiger partial charge >= 0.3 is 0 Å². The Hall–Kier alpha value is -2.45. The molecule has 4 nitrogen and oxygen atoms in total. The smallest absolute Gasteiger partial charge is 0.244 e. The first-order chi connectivity index (χ1) is 15.0. The molecule has 0 saturated heterocycles. The summed E-state index contributed by atoms with van der Waals surface area (Å²) < 4.78 is 4.51. The Morgan fingerprint density at radius 3 is 2.45 bits per heavy atom. The summed E-state index contributed by atoms with van der Waals surface area (Å²) in [5, 5.41) is 5.37. The molecule has 1 N–H and O–H groups in total. The van der Waals surface area contributed by atoms with Crippen LogP contribution in [0.25, 0.3) is 10.9 Å². The van der Waals surface area contributed by atoms with Gasteiger partial charge in [-0.05, 0) is 71.0 Å². The summed E-state index contributed by atoms with van der Waals surface area (Å²) in [5.74, 6) is -0.140. The molecule has 1 amide bonds. The third kappa shape index (κ3) is 5.25. The molecule has 0 saturated carbocycles. The number of halogens is 2. The molecule has 0 unspecified atom stereocenters. The van der Waals surface area contributed by atoms with Crippen LogP contribution in [0.2, 0.25) is 0 Å². The van der Waals surface area contributed by atoms with Crippen LogP contribution in [-0.4, -0.2) is 16.7 Å². The van der Waals surface area contributed by atoms with Gasteiger partial charge < -0.3 is 4.57 Å². The van der Waals surface area contributed by atoms with Crippen LogP contribution in [0.5, 0.6) is 0 Å². The first kappa shape index (κ1) is 21.8. The number of para-hydroxylation sites is 1. The Morgan fingerprint density at radius 1 is 1.03 bits per heavy atom. The van der Waals surface area contributed by atoms with E-state index in [1.807, 2.05) is 36.4 Å². The predicted octanol–water partition coefficient (Wildman–Crippen LogP) is 6.06. The van der Waals surface area contributed by atoms with E-state index in [0.717, 1.165) is 38.7 Å². The number of benzene rings is 3. The van der Waals surface area contributed by atoms with Crippen molar-refractivity contribution in [2.24, 2.45) is 5.10 Å². The van der Waals surface area contributed by atoms with Gasteiger partial charge in [0.05, 0.1) is 12.6 Å². The molecule has 156 valence electrons. The van der Waals surface area contributed by atoms with Gasteiger partial charge in [0.1, 0.15) is 0 Å². The van der Waals surface area contributed by atoms with Crippen molar-refractivity contribution in [1.29, 1.82) is 0 Å². The molecule has 4 aromatic rings. The molecule has 0 atom stereocenters. The molecule has 3 aromatic carbocycles. The third-order valence-electron chi connectivity index (χ3n) is 5.19. The van der Waals surface area contributed by atoms with E-state index in [-0.39, 0.29) is 12.3 Å². The molecule has 0 spiro atoms. The first-order valence-corrected chi connectivity index (χ1v) is 11.8. The zero-order valence-electron chi connectivity index (χ0n) is 17.0. The fourth-order valence-electron chi connectivity index (χ4n) is 3.59. The van der Waals surface area contributed by atoms with Crippen LogP contribution >= 0.6 is 38.5 Å². The average Bonchev–Trinajstić information content (AvgIpc) is 3.03. The van der Waals surface area contributed by atoms with E-state index >= 15 is 0 Å². The van der Waals surface area contributed by atoms with Crippen molar-refractivity contribution in [3.05, 3.63) is 103 Å². The van der Waals surface area contributed by atoms with Gasteiger partial charge in [0.15, 0.2) is 0 Å². The van der Waals surface area contributed by atoms with Crippen LogP contribution in [-0.2, 0) is 17.8 Å². The lowest BCUT2D eigenvalue weighted by atomic mass is 10.1. The molecular formula is C25H21BrIN3O. The van der Waals surface area contributed by atoms with Crippen LogP contribution in [0, 0.1) is 10.5 Å². The predicted molar refractivity (Wildman–Crippen MR) is 139 cm³/mol. The van der Waals surface area contributed by atoms with Crippen molar-refractivity contribution in [2.75, 3.05) is 0 Å². The Bertz CT molecular complexity index is 1240. The molecule has 0 bridgehead atoms. The standard InChI is InChI=1S/C25H21BrIN3O/c1-17-23(15-28-29-25(31)14-18-6-10-20(26)11-7-18)22-4-2-3-5-24(22)30(17)16-19-8-12-21(27)13-9-19/h2-13,15H,14,16H2,1H3,(H,29,31)/b28-15+. The number of nitrogens with zero attached hydrogens (tertiary/aromatic N) is 2. The SMILES string of the molecule is Cc1c(/C=N/NC(=O)Cc2ccc(Br)cc2)c2ccccc2n1Cc1ccc(I)cc1. The summed E-state index contributed by atoms with van der Waals surface area (Å²) in [6, 6.07) is 24.6. The van der Waals surface area contributed by atoms with Crippen LogP contribution in [0.4, 0.5) is 0 Å². The summed E-state index contributed by atoms with van der Waals surface area (Å²) in [5.41, 5.74) is 8.14. The van der Waals surface area contributed by atoms with E-state index in [1.165, 1.54) is 9.13 Å². The van der Waals surface area contributed by atoms with E-state index in [9.17, 15) is 4.79 Å². The molecule has 1 aromatic heterocycles. The van der Waals surface area contributed by atoms with Gasteiger partial charge in [0.25, 0.3) is 0 Å². The summed E-state index contributed by atoms with van der Waals surface area (Å²) >= 11 is 5.73. The van der Waals surface area contributed by atoms with Gasteiger partial charge in [0.2, 0.25) is 5.91 Å². The second-order valence-electron chi connectivity index (χ2n) is 7.33. The largest absolute Gasteiger partial charge is 0.340 e. The maximum absolute atomic E-state index is 12.3. The highest BCUT2D eigenvalue weighted by Gasteiger charge is 2.13. The van der Waals surface area contributed by atoms with E-state index in [2.05, 4.69) is 96.9 Å². The monoisotopic (exact) mass is 585 g/mol. The van der Waals surface area contributed by atoms with E-state index in [0.29, 0.717) is 0 Å². The molecule has 0 aliphatic carbocycles. The fourth-order valence-corrected chi connectivity index (χ4v) is 4.22. The fraction of sp³-hybridized carbons (Fsp3) is 0.120. The maximum Gasteiger partial charge on any atom is 0.244 e. The van der Waals surface area contributed by atoms with Crippen LogP contribution in [0.3, 0.4) is 0 Å². The molecule has 0 aliphatic rings. The van der Waals surface area contributed by atoms with Crippen molar-refractivity contribution in [2.45, 2.75) is 19.9 Å². The molecule has 1 heterocycles. The Labute approximate surface area is 203 Å². The van der Waals surface area contributed by atoms with Crippen molar-refractivity contribution in [3.63, 3.8) is 0 Å². The number of amides is 1. The number of fused-ring (bicyclic) bond motifs is 1. The molecule has 4 rings (SSSR count). The van der Waals surface area contributed by atoms with Gasteiger partial charge in [-0.1, -0.05) is 58.4 Å². The quantitative estimate of drug-likeness (QED) is 0.167. The number of hydrogen-bond acceptors (Lipinski definition) is 2. The minimum atomic E-state index is -0.140. The highest BCUT2D eigenvalue weighted by Crippen LogP contribution is 2.25. The summed E-state index contributed by atoms with van der Waals surface area (Å²) in [6.07, 6.45) is 2.04. The van der Waals surface area contributed by atoms with Gasteiger partial charge in [0, 0.05) is 36.7 Å². The number of carbonyl (C=O) groups is 1. The molecule has 6 heteroatoms. The lowest BCUT2D eigenvalue weighted by Crippen LogP contribution is -2.19. The zero-order valence-corrected chi connectivity index (χ0v) is 20.7. The average molecular weight is 586 g/mol. The van der Waals surface area contributed by atoms with Crippen molar-refractivity contribution in [1.82, 2.24) is 9.99 Å². The van der Waals surface area contributed by atoms with E-state index in [4.69, 9.17) is 0 Å². The van der Waals surface area contributed by atoms with Crippen LogP contribution in [0.15, 0.2) is 82.4 Å². The topological polar surface area (TPSA) is 46.4 Å². The minimum absolute atomic E-state index is 0.140. The number of hydrogen-bond donors (Lipinski definition) is 1. The number of nitrogens with one attached hydrogen (secondary N) is 1. The van der Waals surface area contributed by atoms with Crippen LogP contribution in [0.1, 0.15) is 22.4 Å². The normalized spacial score (nSPS) is 11.3. The van der Waals surface area contributed by atoms with Crippen molar-refractivity contribution < 1.29 is 4.79 Å². The molecule has 0 radical (unpaired) electrons. The van der Waals surface area contributed by atoms with Crippen LogP contribution < -0.4 is 5.43 Å². The number of carbonyl (C=O) groups excluding carboxylic acids is 1. The van der Waals surface area contributed by atoms with Gasteiger partial charge in [-0.25, -0.2) is 5.43 Å². The Morgan fingerprint density at radius 2 is 1.71 bits per heavy atom. The molecular weight excluding hydrogens is 565 g/mol. The summed E-state index contributed by atoms with van der Waals surface area (Å²) in [7, 11) is 0. The van der Waals surface area contributed by atoms with Gasteiger partial charge in [-0.2, -0.15) is 5.10 Å². The molecule has 0 aliphatic heterocycles. The number of hydrazone groups is 1. The highest BCUT2D eigenvalue weighted by atomic mass is 127. The number of aromatic nitrogens is 1. The first-order valence-electron chi connectivity index (χ1n) is 9.90. The summed E-state index contributed by atoms with van der Waals surface area (Å²) in [4.78, 5) is 12.3. The second kappa shape index (κ2) is 9.78. The Kier molecular flexibility index (Phi) is 6.87. The van der Waals surface area contributed by atoms with Gasteiger partial charge in [-0.15, -0.1) is 0 Å². The maximum atomic E-state index is 12.3. The zero-order chi connectivity index (χ0) is 21.8. The van der Waals surface area contributed by atoms with E-state index < -0.39 is 0 Å².